The maximum atomic E-state index is 13.1. The molecule has 1 saturated heterocycles. The van der Waals surface area contributed by atoms with Crippen LogP contribution < -0.4 is 10.2 Å². The van der Waals surface area contributed by atoms with Crippen molar-refractivity contribution in [3.05, 3.63) is 72.3 Å². The standard InChI is InChI=1S/C22H22FN5O/c23-18-6-4-16(5-7-18)20-8-9-21(27-26-20)28-13-10-17(11-14-28)22(29)25-15-19-3-1-2-12-24-19/h1-9,12,17H,10-11,13-15H2,(H,25,29). The zero-order valence-corrected chi connectivity index (χ0v) is 16.0. The molecule has 7 heteroatoms. The molecule has 0 radical (unpaired) electrons. The lowest BCUT2D eigenvalue weighted by Crippen LogP contribution is -2.40. The topological polar surface area (TPSA) is 71.0 Å². The summed E-state index contributed by atoms with van der Waals surface area (Å²) in [5, 5.41) is 11.6. The second-order valence-electron chi connectivity index (χ2n) is 7.08. The molecule has 1 aliphatic heterocycles. The first-order chi connectivity index (χ1) is 14.2. The Kier molecular flexibility index (Phi) is 5.74. The van der Waals surface area contributed by atoms with E-state index in [1.165, 1.54) is 12.1 Å². The molecule has 1 N–H and O–H groups in total. The molecule has 4 rings (SSSR count). The van der Waals surface area contributed by atoms with Gasteiger partial charge < -0.3 is 10.2 Å². The van der Waals surface area contributed by atoms with Crippen molar-refractivity contribution in [1.29, 1.82) is 0 Å². The number of nitrogens with one attached hydrogen (secondary N) is 1. The Balaban J connectivity index is 1.30. The van der Waals surface area contributed by atoms with Crippen molar-refractivity contribution in [3.63, 3.8) is 0 Å². The van der Waals surface area contributed by atoms with E-state index in [4.69, 9.17) is 0 Å². The number of halogens is 1. The van der Waals surface area contributed by atoms with E-state index in [1.807, 2.05) is 30.3 Å². The highest BCUT2D eigenvalue weighted by Gasteiger charge is 2.25. The maximum absolute atomic E-state index is 13.1. The SMILES string of the molecule is O=C(NCc1ccccn1)C1CCN(c2ccc(-c3ccc(F)cc3)nn2)CC1. The number of carbonyl (C=O) groups is 1. The number of piperidine rings is 1. The number of pyridine rings is 1. The fraction of sp³-hybridized carbons (Fsp3) is 0.273. The molecular weight excluding hydrogens is 369 g/mol. The lowest BCUT2D eigenvalue weighted by molar-refractivity contribution is -0.125. The first-order valence-electron chi connectivity index (χ1n) is 9.71. The molecule has 1 aromatic carbocycles. The summed E-state index contributed by atoms with van der Waals surface area (Å²) in [7, 11) is 0. The molecule has 0 bridgehead atoms. The van der Waals surface area contributed by atoms with Crippen LogP contribution in [0.5, 0.6) is 0 Å². The van der Waals surface area contributed by atoms with Crippen molar-refractivity contribution in [2.24, 2.45) is 5.92 Å². The molecule has 6 nitrogen and oxygen atoms in total. The fourth-order valence-electron chi connectivity index (χ4n) is 3.46. The zero-order valence-electron chi connectivity index (χ0n) is 16.0. The molecule has 2 aromatic heterocycles. The minimum atomic E-state index is -0.273. The van der Waals surface area contributed by atoms with Gasteiger partial charge in [-0.05, 0) is 61.4 Å². The molecule has 148 valence electrons. The second-order valence-corrected chi connectivity index (χ2v) is 7.08. The summed E-state index contributed by atoms with van der Waals surface area (Å²) in [6.07, 6.45) is 3.27. The Morgan fingerprint density at radius 3 is 2.48 bits per heavy atom. The van der Waals surface area contributed by atoms with Gasteiger partial charge in [0.05, 0.1) is 17.9 Å². The third-order valence-corrected chi connectivity index (χ3v) is 5.15. The van der Waals surface area contributed by atoms with Crippen molar-refractivity contribution in [2.45, 2.75) is 19.4 Å². The summed E-state index contributed by atoms with van der Waals surface area (Å²) in [5.41, 5.74) is 2.39. The van der Waals surface area contributed by atoms with Crippen LogP contribution >= 0.6 is 0 Å². The number of carbonyl (C=O) groups excluding carboxylic acids is 1. The van der Waals surface area contributed by atoms with Gasteiger partial charge in [-0.2, -0.15) is 0 Å². The zero-order chi connectivity index (χ0) is 20.1. The number of benzene rings is 1. The van der Waals surface area contributed by atoms with Crippen LogP contribution in [0.15, 0.2) is 60.8 Å². The van der Waals surface area contributed by atoms with E-state index < -0.39 is 0 Å². The minimum absolute atomic E-state index is 0.00131. The molecule has 0 unspecified atom stereocenters. The quantitative estimate of drug-likeness (QED) is 0.723. The van der Waals surface area contributed by atoms with E-state index in [1.54, 1.807) is 18.3 Å². The van der Waals surface area contributed by atoms with Crippen molar-refractivity contribution in [3.8, 4) is 11.3 Å². The molecular formula is C22H22FN5O. The van der Waals surface area contributed by atoms with Gasteiger partial charge in [-0.3, -0.25) is 9.78 Å². The number of aromatic nitrogens is 3. The first-order valence-corrected chi connectivity index (χ1v) is 9.71. The number of hydrogen-bond donors (Lipinski definition) is 1. The van der Waals surface area contributed by atoms with Crippen molar-refractivity contribution < 1.29 is 9.18 Å². The molecule has 1 fully saturated rings. The molecule has 0 saturated carbocycles. The molecule has 1 aliphatic rings. The molecule has 29 heavy (non-hydrogen) atoms. The average molecular weight is 391 g/mol. The largest absolute Gasteiger partial charge is 0.355 e. The van der Waals surface area contributed by atoms with Gasteiger partial charge in [0.25, 0.3) is 0 Å². The highest BCUT2D eigenvalue weighted by Crippen LogP contribution is 2.23. The average Bonchev–Trinajstić information content (AvgIpc) is 2.79. The smallest absolute Gasteiger partial charge is 0.223 e. The van der Waals surface area contributed by atoms with Crippen LogP contribution in [-0.4, -0.2) is 34.2 Å². The number of anilines is 1. The fourth-order valence-corrected chi connectivity index (χ4v) is 3.46. The Morgan fingerprint density at radius 1 is 1.03 bits per heavy atom. The summed E-state index contributed by atoms with van der Waals surface area (Å²) in [4.78, 5) is 18.8. The summed E-state index contributed by atoms with van der Waals surface area (Å²) >= 11 is 0. The lowest BCUT2D eigenvalue weighted by atomic mass is 9.96. The molecule has 1 amide bonds. The van der Waals surface area contributed by atoms with Crippen LogP contribution in [-0.2, 0) is 11.3 Å². The summed E-state index contributed by atoms with van der Waals surface area (Å²) in [6.45, 7) is 1.97. The van der Waals surface area contributed by atoms with Crippen molar-refractivity contribution in [2.75, 3.05) is 18.0 Å². The second kappa shape index (κ2) is 8.77. The predicted octanol–water partition coefficient (Wildman–Crippen LogP) is 3.21. The molecule has 0 aliphatic carbocycles. The number of rotatable bonds is 5. The molecule has 3 aromatic rings. The van der Waals surface area contributed by atoms with E-state index in [2.05, 4.69) is 25.4 Å². The minimum Gasteiger partial charge on any atom is -0.355 e. The van der Waals surface area contributed by atoms with Crippen molar-refractivity contribution in [1.82, 2.24) is 20.5 Å². The molecule has 0 atom stereocenters. The van der Waals surface area contributed by atoms with E-state index >= 15 is 0 Å². The van der Waals surface area contributed by atoms with Crippen LogP contribution in [0.1, 0.15) is 18.5 Å². The Bertz CT molecular complexity index is 939. The van der Waals surface area contributed by atoms with Crippen LogP contribution in [0, 0.1) is 11.7 Å². The number of nitrogens with zero attached hydrogens (tertiary/aromatic N) is 4. The summed E-state index contributed by atoms with van der Waals surface area (Å²) in [5.74, 6) is 0.600. The van der Waals surface area contributed by atoms with Gasteiger partial charge in [0.1, 0.15) is 5.82 Å². The highest BCUT2D eigenvalue weighted by atomic mass is 19.1. The lowest BCUT2D eigenvalue weighted by Gasteiger charge is -2.31. The summed E-state index contributed by atoms with van der Waals surface area (Å²) in [6, 6.07) is 15.7. The Morgan fingerprint density at radius 2 is 1.83 bits per heavy atom. The first kappa shape index (κ1) is 19.0. The van der Waals surface area contributed by atoms with Crippen LogP contribution in [0.2, 0.25) is 0 Å². The van der Waals surface area contributed by atoms with Gasteiger partial charge >= 0.3 is 0 Å². The summed E-state index contributed by atoms with van der Waals surface area (Å²) < 4.78 is 13.1. The highest BCUT2D eigenvalue weighted by molar-refractivity contribution is 5.78. The monoisotopic (exact) mass is 391 g/mol. The number of hydrogen-bond acceptors (Lipinski definition) is 5. The van der Waals surface area contributed by atoms with Gasteiger partial charge in [-0.25, -0.2) is 4.39 Å². The van der Waals surface area contributed by atoms with Gasteiger partial charge in [-0.1, -0.05) is 6.07 Å². The van der Waals surface area contributed by atoms with Gasteiger partial charge in [-0.15, -0.1) is 10.2 Å². The molecule has 3 heterocycles. The van der Waals surface area contributed by atoms with E-state index in [-0.39, 0.29) is 17.6 Å². The third-order valence-electron chi connectivity index (χ3n) is 5.15. The van der Waals surface area contributed by atoms with Gasteiger partial charge in [0, 0.05) is 30.8 Å². The Hall–Kier alpha value is -3.35. The van der Waals surface area contributed by atoms with E-state index in [0.717, 1.165) is 43.0 Å². The van der Waals surface area contributed by atoms with Crippen molar-refractivity contribution >= 4 is 11.7 Å². The predicted molar refractivity (Wildman–Crippen MR) is 108 cm³/mol. The maximum Gasteiger partial charge on any atom is 0.223 e. The van der Waals surface area contributed by atoms with Crippen LogP contribution in [0.4, 0.5) is 10.2 Å². The van der Waals surface area contributed by atoms with Gasteiger partial charge in [0.2, 0.25) is 5.91 Å². The van der Waals surface area contributed by atoms with Crippen LogP contribution in [0.3, 0.4) is 0 Å². The van der Waals surface area contributed by atoms with Crippen LogP contribution in [0.25, 0.3) is 11.3 Å². The van der Waals surface area contributed by atoms with Gasteiger partial charge in [0.15, 0.2) is 5.82 Å². The third kappa shape index (κ3) is 4.74. The normalized spacial score (nSPS) is 14.6. The van der Waals surface area contributed by atoms with E-state index in [9.17, 15) is 9.18 Å². The number of amides is 1. The molecule has 0 spiro atoms. The van der Waals surface area contributed by atoms with E-state index in [0.29, 0.717) is 12.2 Å². The Labute approximate surface area is 168 Å².